The van der Waals surface area contributed by atoms with Crippen LogP contribution in [0.5, 0.6) is 0 Å². The van der Waals surface area contributed by atoms with Gasteiger partial charge in [-0.1, -0.05) is 118 Å². The molecule has 4 aliphatic heterocycles. The molecule has 0 aromatic carbocycles. The van der Waals surface area contributed by atoms with Gasteiger partial charge in [-0.15, -0.1) is 23.5 Å². The number of allylic oxidation sites excluding steroid dienone is 4. The molecule has 0 fully saturated rings. The van der Waals surface area contributed by atoms with E-state index in [9.17, 15) is 0 Å². The van der Waals surface area contributed by atoms with Gasteiger partial charge >= 0.3 is 0 Å². The van der Waals surface area contributed by atoms with Gasteiger partial charge < -0.3 is 0 Å². The van der Waals surface area contributed by atoms with Gasteiger partial charge in [0.25, 0.3) is 0 Å². The lowest BCUT2D eigenvalue weighted by molar-refractivity contribution is 0.889. The molecule has 0 N–H and O–H groups in total. The molecule has 4 aliphatic rings. The van der Waals surface area contributed by atoms with Crippen LogP contribution >= 0.6 is 118 Å². The molecular weight excluding hydrogens is 597 g/mol. The van der Waals surface area contributed by atoms with Crippen LogP contribution in [0.3, 0.4) is 0 Å². The second kappa shape index (κ2) is 14.4. The van der Waals surface area contributed by atoms with E-state index in [1.807, 2.05) is 106 Å². The van der Waals surface area contributed by atoms with E-state index in [0.29, 0.717) is 0 Å². The van der Waals surface area contributed by atoms with Crippen molar-refractivity contribution in [1.29, 1.82) is 0 Å². The monoisotopic (exact) mass is 620 g/mol. The number of rotatable bonds is 10. The summed E-state index contributed by atoms with van der Waals surface area (Å²) in [4.78, 5) is 1.49. The lowest BCUT2D eigenvalue weighted by Gasteiger charge is -2.24. The van der Waals surface area contributed by atoms with Crippen molar-refractivity contribution >= 4 is 118 Å². The smallest absolute Gasteiger partial charge is 0.0530 e. The zero-order chi connectivity index (χ0) is 22.9. The van der Waals surface area contributed by atoms with Crippen molar-refractivity contribution in [3.05, 3.63) is 82.8 Å². The molecule has 4 rings (SSSR count). The third-order valence-corrected chi connectivity index (χ3v) is 16.5. The Morgan fingerprint density at radius 2 is 1.27 bits per heavy atom. The van der Waals surface area contributed by atoms with Crippen LogP contribution in [0, 0.1) is 0 Å². The first-order valence-electron chi connectivity index (χ1n) is 10.2. The predicted molar refractivity (Wildman–Crippen MR) is 175 cm³/mol. The minimum atomic E-state index is 0.150. The van der Waals surface area contributed by atoms with Crippen LogP contribution in [0.1, 0.15) is 33.1 Å². The second-order valence-corrected chi connectivity index (χ2v) is 19.3. The first-order chi connectivity index (χ1) is 16.1. The fourth-order valence-electron chi connectivity index (χ4n) is 2.62. The second-order valence-electron chi connectivity index (χ2n) is 7.20. The number of thioether (sulfide) groups is 10. The van der Waals surface area contributed by atoms with Crippen molar-refractivity contribution in [2.24, 2.45) is 0 Å². The van der Waals surface area contributed by atoms with Crippen LogP contribution in [0.15, 0.2) is 82.8 Å². The molecule has 0 amide bonds. The largest absolute Gasteiger partial charge is 0.139 e. The molecule has 0 saturated carbocycles. The van der Waals surface area contributed by atoms with E-state index in [1.165, 1.54) is 26.1 Å². The van der Waals surface area contributed by atoms with E-state index in [4.69, 9.17) is 0 Å². The molecule has 4 heterocycles. The third-order valence-electron chi connectivity index (χ3n) is 4.39. The van der Waals surface area contributed by atoms with E-state index >= 15 is 0 Å². The molecule has 0 saturated heterocycles. The highest BCUT2D eigenvalue weighted by atomic mass is 32.3. The van der Waals surface area contributed by atoms with Crippen molar-refractivity contribution in [1.82, 2.24) is 0 Å². The third kappa shape index (κ3) is 9.34. The molecule has 33 heavy (non-hydrogen) atoms. The average Bonchev–Trinajstić information content (AvgIpc) is 3.60. The van der Waals surface area contributed by atoms with Gasteiger partial charge in [0.15, 0.2) is 0 Å². The first kappa shape index (κ1) is 27.5. The molecule has 0 nitrogen and oxygen atoms in total. The Kier molecular flexibility index (Phi) is 12.0. The topological polar surface area (TPSA) is 0 Å². The van der Waals surface area contributed by atoms with Gasteiger partial charge in [0.2, 0.25) is 0 Å². The highest BCUT2D eigenvalue weighted by Gasteiger charge is 2.29. The lowest BCUT2D eigenvalue weighted by atomic mass is 10.2. The zero-order valence-corrected chi connectivity index (χ0v) is 26.3. The van der Waals surface area contributed by atoms with Gasteiger partial charge in [-0.05, 0) is 65.6 Å². The molecule has 0 radical (unpaired) electrons. The minimum absolute atomic E-state index is 0.150. The van der Waals surface area contributed by atoms with Gasteiger partial charge in [-0.2, -0.15) is 0 Å². The van der Waals surface area contributed by atoms with Crippen LogP contribution in [0.25, 0.3) is 0 Å². The maximum atomic E-state index is 2.41. The normalized spacial score (nSPS) is 22.7. The van der Waals surface area contributed by atoms with Crippen molar-refractivity contribution in [3.8, 4) is 0 Å². The van der Waals surface area contributed by atoms with E-state index in [2.05, 4.69) is 82.4 Å². The fraction of sp³-hybridized carbons (Fsp3) is 0.304. The standard InChI is InChI=1S/C23H24S10/c1-23(2,17-14-28-20(32-17)7-4-3-6-18-24-10-11-25-18)31-16-30-22-15-29-21(33-22)9-5-8-19-26-12-13-27-19/h6-15H,3-5,16H2,1-2H3/b20-7+,21-9-. The van der Waals surface area contributed by atoms with Gasteiger partial charge in [-0.3, -0.25) is 0 Å². The minimum Gasteiger partial charge on any atom is -0.139 e. The van der Waals surface area contributed by atoms with Crippen molar-refractivity contribution in [2.75, 3.05) is 5.08 Å². The molecule has 0 aromatic heterocycles. The summed E-state index contributed by atoms with van der Waals surface area (Å²) in [6.07, 6.45) is 12.7. The van der Waals surface area contributed by atoms with E-state index in [-0.39, 0.29) is 4.75 Å². The lowest BCUT2D eigenvalue weighted by Crippen LogP contribution is -2.15. The summed E-state index contributed by atoms with van der Waals surface area (Å²) in [5.41, 5.74) is 0. The Morgan fingerprint density at radius 3 is 2.00 bits per heavy atom. The summed E-state index contributed by atoms with van der Waals surface area (Å²) >= 11 is 19.0. The molecule has 0 aromatic rings. The quantitative estimate of drug-likeness (QED) is 0.170. The maximum Gasteiger partial charge on any atom is 0.0530 e. The van der Waals surface area contributed by atoms with Gasteiger partial charge in [0.1, 0.15) is 0 Å². The van der Waals surface area contributed by atoms with Crippen molar-refractivity contribution in [3.63, 3.8) is 0 Å². The van der Waals surface area contributed by atoms with Crippen LogP contribution in [-0.2, 0) is 0 Å². The fourth-order valence-corrected chi connectivity index (χ4v) is 14.0. The van der Waals surface area contributed by atoms with Gasteiger partial charge in [-0.25, -0.2) is 0 Å². The Balaban J connectivity index is 1.13. The molecular formula is C23H24S10. The predicted octanol–water partition coefficient (Wildman–Crippen LogP) is 12.2. The summed E-state index contributed by atoms with van der Waals surface area (Å²) in [5.74, 6) is 0. The first-order valence-corrected chi connectivity index (χ1v) is 19.1. The SMILES string of the molecule is CC(C)(SCSC1=CS/C(=C/CC=C2SC=CS2)S1)C1=CS/C(=C\CCC=C2SC=CS2)S1. The average molecular weight is 621 g/mol. The van der Waals surface area contributed by atoms with Crippen molar-refractivity contribution in [2.45, 2.75) is 37.9 Å². The van der Waals surface area contributed by atoms with Crippen LogP contribution in [-0.4, -0.2) is 9.83 Å². The Bertz CT molecular complexity index is 942. The summed E-state index contributed by atoms with van der Waals surface area (Å²) < 4.78 is 7.25. The number of hydrogen-bond acceptors (Lipinski definition) is 10. The molecule has 0 aliphatic carbocycles. The summed E-state index contributed by atoms with van der Waals surface area (Å²) in [6, 6.07) is 0. The van der Waals surface area contributed by atoms with Gasteiger partial charge in [0, 0.05) is 31.7 Å². The highest BCUT2D eigenvalue weighted by molar-refractivity contribution is 8.37. The Morgan fingerprint density at radius 1 is 0.697 bits per heavy atom. The molecule has 0 atom stereocenters. The van der Waals surface area contributed by atoms with Crippen LogP contribution in [0.4, 0.5) is 0 Å². The summed E-state index contributed by atoms with van der Waals surface area (Å²) in [5, 5.41) is 14.4. The van der Waals surface area contributed by atoms with Crippen molar-refractivity contribution < 1.29 is 0 Å². The zero-order valence-electron chi connectivity index (χ0n) is 18.2. The maximum absolute atomic E-state index is 2.41. The highest BCUT2D eigenvalue weighted by Crippen LogP contribution is 2.54. The molecule has 10 heteroatoms. The van der Waals surface area contributed by atoms with E-state index in [0.717, 1.165) is 24.3 Å². The van der Waals surface area contributed by atoms with Crippen LogP contribution in [0.2, 0.25) is 0 Å². The molecule has 0 unspecified atom stereocenters. The summed E-state index contributed by atoms with van der Waals surface area (Å²) in [6.45, 7) is 4.73. The number of hydrogen-bond donors (Lipinski definition) is 0. The van der Waals surface area contributed by atoms with Crippen LogP contribution < -0.4 is 0 Å². The van der Waals surface area contributed by atoms with E-state index < -0.39 is 0 Å². The molecule has 176 valence electrons. The Hall–Kier alpha value is 1.42. The van der Waals surface area contributed by atoms with Gasteiger partial charge in [0.05, 0.1) is 4.24 Å². The Labute approximate surface area is 240 Å². The number of unbranched alkanes of at least 4 members (excludes halogenated alkanes) is 1. The van der Waals surface area contributed by atoms with E-state index in [1.54, 1.807) is 0 Å². The molecule has 0 spiro atoms. The molecule has 0 bridgehead atoms. The summed E-state index contributed by atoms with van der Waals surface area (Å²) in [7, 11) is 0.